The number of nitrogens with one attached hydrogen (secondary N) is 1. The molecule has 0 unspecified atom stereocenters. The summed E-state index contributed by atoms with van der Waals surface area (Å²) in [4.78, 5) is 25.6. The van der Waals surface area contributed by atoms with E-state index in [0.717, 1.165) is 5.69 Å². The van der Waals surface area contributed by atoms with Crippen molar-refractivity contribution in [2.45, 2.75) is 18.7 Å². The Balaban J connectivity index is 1.40. The van der Waals surface area contributed by atoms with Crippen LogP contribution in [0, 0.1) is 6.92 Å². The van der Waals surface area contributed by atoms with E-state index in [1.165, 1.54) is 16.4 Å². The number of rotatable bonds is 8. The zero-order valence-corrected chi connectivity index (χ0v) is 20.4. The Morgan fingerprint density at radius 2 is 1.79 bits per heavy atom. The molecule has 0 aliphatic rings. The summed E-state index contributed by atoms with van der Waals surface area (Å²) >= 11 is 7.33. The predicted octanol–water partition coefficient (Wildman–Crippen LogP) is 3.58. The molecule has 0 radical (unpaired) electrons. The molecule has 0 bridgehead atoms. The molecular formula is C23H23ClN6O3S. The molecule has 34 heavy (non-hydrogen) atoms. The van der Waals surface area contributed by atoms with Crippen molar-refractivity contribution in [3.63, 3.8) is 0 Å². The van der Waals surface area contributed by atoms with Crippen molar-refractivity contribution in [2.24, 2.45) is 14.1 Å². The van der Waals surface area contributed by atoms with Crippen LogP contribution in [0.3, 0.4) is 0 Å². The number of carbonyl (C=O) groups is 1. The van der Waals surface area contributed by atoms with E-state index in [9.17, 15) is 9.59 Å². The molecule has 2 heterocycles. The molecule has 1 N–H and O–H groups in total. The van der Waals surface area contributed by atoms with Gasteiger partial charge in [-0.3, -0.25) is 14.3 Å². The van der Waals surface area contributed by atoms with E-state index in [2.05, 4.69) is 15.5 Å². The average molecular weight is 499 g/mol. The second kappa shape index (κ2) is 10.2. The topological polar surface area (TPSA) is 96.0 Å². The fourth-order valence-corrected chi connectivity index (χ4v) is 4.24. The normalized spacial score (nSPS) is 10.9. The lowest BCUT2D eigenvalue weighted by Crippen LogP contribution is -2.23. The van der Waals surface area contributed by atoms with Crippen molar-refractivity contribution in [2.75, 3.05) is 11.1 Å². The van der Waals surface area contributed by atoms with Gasteiger partial charge < -0.3 is 14.6 Å². The van der Waals surface area contributed by atoms with Crippen LogP contribution >= 0.6 is 23.4 Å². The van der Waals surface area contributed by atoms with Gasteiger partial charge in [-0.25, -0.2) is 4.68 Å². The second-order valence-electron chi connectivity index (χ2n) is 7.45. The number of hydrogen-bond donors (Lipinski definition) is 1. The number of amides is 1. The molecule has 0 saturated carbocycles. The minimum atomic E-state index is -0.312. The lowest BCUT2D eigenvalue weighted by Gasteiger charge is -2.08. The fourth-order valence-electron chi connectivity index (χ4n) is 3.32. The number of ether oxygens (including phenoxy) is 1. The van der Waals surface area contributed by atoms with Gasteiger partial charge in [-0.05, 0) is 31.2 Å². The van der Waals surface area contributed by atoms with Gasteiger partial charge in [0.05, 0.1) is 22.2 Å². The van der Waals surface area contributed by atoms with Crippen molar-refractivity contribution < 1.29 is 9.53 Å². The summed E-state index contributed by atoms with van der Waals surface area (Å²) in [5, 5.41) is 12.1. The molecule has 0 atom stereocenters. The SMILES string of the molecule is Cc1c(NC(=O)CSc2nnc(COc3ccccc3Cl)n2C)c(=O)n(-c2ccccc2)n1C. The van der Waals surface area contributed by atoms with Crippen LogP contribution in [0.1, 0.15) is 11.5 Å². The van der Waals surface area contributed by atoms with Gasteiger partial charge in [0.2, 0.25) is 5.91 Å². The summed E-state index contributed by atoms with van der Waals surface area (Å²) in [6.07, 6.45) is 0. The number of benzene rings is 2. The molecule has 4 aromatic rings. The van der Waals surface area contributed by atoms with Crippen LogP contribution in [0.15, 0.2) is 64.5 Å². The number of para-hydroxylation sites is 2. The zero-order valence-electron chi connectivity index (χ0n) is 18.9. The van der Waals surface area contributed by atoms with E-state index in [-0.39, 0.29) is 29.5 Å². The molecule has 9 nitrogen and oxygen atoms in total. The number of thioether (sulfide) groups is 1. The van der Waals surface area contributed by atoms with Crippen molar-refractivity contribution in [3.8, 4) is 11.4 Å². The van der Waals surface area contributed by atoms with Crippen LogP contribution in [-0.4, -0.2) is 35.8 Å². The zero-order chi connectivity index (χ0) is 24.2. The number of hydrogen-bond acceptors (Lipinski definition) is 6. The maximum absolute atomic E-state index is 13.0. The quantitative estimate of drug-likeness (QED) is 0.373. The molecule has 0 fully saturated rings. The molecule has 0 aliphatic carbocycles. The second-order valence-corrected chi connectivity index (χ2v) is 8.80. The van der Waals surface area contributed by atoms with Crippen molar-refractivity contribution in [1.82, 2.24) is 24.1 Å². The van der Waals surface area contributed by atoms with Crippen LogP contribution in [0.4, 0.5) is 5.69 Å². The van der Waals surface area contributed by atoms with Crippen LogP contribution in [0.2, 0.25) is 5.02 Å². The van der Waals surface area contributed by atoms with E-state index >= 15 is 0 Å². The molecule has 0 spiro atoms. The number of halogens is 1. The maximum atomic E-state index is 13.0. The first-order valence-electron chi connectivity index (χ1n) is 10.4. The summed E-state index contributed by atoms with van der Waals surface area (Å²) in [6.45, 7) is 1.97. The number of carbonyl (C=O) groups excluding carboxylic acids is 1. The first-order chi connectivity index (χ1) is 16.4. The van der Waals surface area contributed by atoms with E-state index in [4.69, 9.17) is 16.3 Å². The largest absolute Gasteiger partial charge is 0.484 e. The minimum absolute atomic E-state index is 0.0659. The van der Waals surface area contributed by atoms with Crippen LogP contribution < -0.4 is 15.6 Å². The Hall–Kier alpha value is -3.50. The van der Waals surface area contributed by atoms with E-state index < -0.39 is 0 Å². The van der Waals surface area contributed by atoms with E-state index in [1.54, 1.807) is 42.4 Å². The van der Waals surface area contributed by atoms with Gasteiger partial charge in [0.25, 0.3) is 5.56 Å². The molecule has 0 aliphatic heterocycles. The first-order valence-corrected chi connectivity index (χ1v) is 11.8. The first kappa shape index (κ1) is 23.7. The minimum Gasteiger partial charge on any atom is -0.484 e. The van der Waals surface area contributed by atoms with Crippen molar-refractivity contribution in [1.29, 1.82) is 0 Å². The molecule has 2 aromatic carbocycles. The molecule has 176 valence electrons. The standard InChI is InChI=1S/C23H23ClN6O3S/c1-15-21(22(32)30(29(15)3)16-9-5-4-6-10-16)25-20(31)14-34-23-27-26-19(28(23)2)13-33-18-12-8-7-11-17(18)24/h4-12H,13-14H2,1-3H3,(H,25,31). The van der Waals surface area contributed by atoms with Gasteiger partial charge in [0.15, 0.2) is 11.0 Å². The third-order valence-electron chi connectivity index (χ3n) is 5.27. The number of anilines is 1. The van der Waals surface area contributed by atoms with Crippen molar-refractivity contribution >= 4 is 35.0 Å². The van der Waals surface area contributed by atoms with E-state index in [0.29, 0.717) is 27.4 Å². The summed E-state index contributed by atoms with van der Waals surface area (Å²) in [7, 11) is 3.57. The molecule has 2 aromatic heterocycles. The van der Waals surface area contributed by atoms with E-state index in [1.807, 2.05) is 42.5 Å². The smallest absolute Gasteiger partial charge is 0.295 e. The molecule has 1 amide bonds. The summed E-state index contributed by atoms with van der Waals surface area (Å²) in [5.41, 5.74) is 1.34. The Morgan fingerprint density at radius 1 is 1.09 bits per heavy atom. The number of aromatic nitrogens is 5. The van der Waals surface area contributed by atoms with Crippen molar-refractivity contribution in [3.05, 3.63) is 81.5 Å². The predicted molar refractivity (Wildman–Crippen MR) is 132 cm³/mol. The fraction of sp³-hybridized carbons (Fsp3) is 0.217. The molecule has 4 rings (SSSR count). The highest BCUT2D eigenvalue weighted by atomic mass is 35.5. The molecular weight excluding hydrogens is 476 g/mol. The monoisotopic (exact) mass is 498 g/mol. The van der Waals surface area contributed by atoms with Gasteiger partial charge in [-0.15, -0.1) is 10.2 Å². The highest BCUT2D eigenvalue weighted by Crippen LogP contribution is 2.24. The van der Waals surface area contributed by atoms with Gasteiger partial charge in [0, 0.05) is 14.1 Å². The maximum Gasteiger partial charge on any atom is 0.295 e. The van der Waals surface area contributed by atoms with Gasteiger partial charge >= 0.3 is 0 Å². The summed E-state index contributed by atoms with van der Waals surface area (Å²) in [5.74, 6) is 0.900. The highest BCUT2D eigenvalue weighted by molar-refractivity contribution is 7.99. The highest BCUT2D eigenvalue weighted by Gasteiger charge is 2.19. The Morgan fingerprint density at radius 3 is 2.53 bits per heavy atom. The molecule has 0 saturated heterocycles. The third-order valence-corrected chi connectivity index (χ3v) is 6.60. The third kappa shape index (κ3) is 4.87. The average Bonchev–Trinajstić information content (AvgIpc) is 3.29. The van der Waals surface area contributed by atoms with Gasteiger partial charge in [0.1, 0.15) is 18.0 Å². The Kier molecular flexibility index (Phi) is 7.09. The Bertz CT molecular complexity index is 1380. The number of nitrogens with zero attached hydrogens (tertiary/aromatic N) is 5. The van der Waals surface area contributed by atoms with Crippen LogP contribution in [-0.2, 0) is 25.5 Å². The van der Waals surface area contributed by atoms with Crippen LogP contribution in [0.5, 0.6) is 5.75 Å². The Labute approximate surface area is 205 Å². The lowest BCUT2D eigenvalue weighted by molar-refractivity contribution is -0.113. The summed E-state index contributed by atoms with van der Waals surface area (Å²) < 4.78 is 10.7. The van der Waals surface area contributed by atoms with Gasteiger partial charge in [-0.1, -0.05) is 53.7 Å². The van der Waals surface area contributed by atoms with Gasteiger partial charge in [-0.2, -0.15) is 0 Å². The van der Waals surface area contributed by atoms with Crippen LogP contribution in [0.25, 0.3) is 5.69 Å². The molecule has 11 heteroatoms. The summed E-state index contributed by atoms with van der Waals surface area (Å²) in [6, 6.07) is 16.4. The lowest BCUT2D eigenvalue weighted by atomic mass is 10.3.